The minimum absolute atomic E-state index is 0.176. The highest BCUT2D eigenvalue weighted by atomic mass is 16.5. The molecule has 0 fully saturated rings. The van der Waals surface area contributed by atoms with Crippen molar-refractivity contribution in [2.45, 2.75) is 0 Å². The van der Waals surface area contributed by atoms with E-state index in [-0.39, 0.29) is 5.56 Å². The molecule has 2 aromatic carbocycles. The van der Waals surface area contributed by atoms with E-state index >= 15 is 0 Å². The largest absolute Gasteiger partial charge is 0.497 e. The summed E-state index contributed by atoms with van der Waals surface area (Å²) in [5, 5.41) is 13.1. The molecule has 0 aliphatic carbocycles. The highest BCUT2D eigenvalue weighted by Crippen LogP contribution is 2.15. The number of hydrogen-bond acceptors (Lipinski definition) is 4. The number of hydrogen-bond donors (Lipinski definition) is 2. The molecule has 5 nitrogen and oxygen atoms in total. The number of hydrazone groups is 1. The summed E-state index contributed by atoms with van der Waals surface area (Å²) in [6, 6.07) is 14.0. The van der Waals surface area contributed by atoms with Crippen LogP contribution in [0, 0.1) is 0 Å². The molecule has 0 unspecified atom stereocenters. The molecule has 0 bridgehead atoms. The number of nitrogens with zero attached hydrogens (tertiary/aromatic N) is 1. The number of para-hydroxylation sites is 1. The highest BCUT2D eigenvalue weighted by molar-refractivity contribution is 5.94. The SMILES string of the molecule is COc1cccc(/C=N/Nc2ccccc2C(=O)O)c1. The third-order valence-electron chi connectivity index (χ3n) is 2.65. The predicted molar refractivity (Wildman–Crippen MR) is 77.6 cm³/mol. The second-order valence-electron chi connectivity index (χ2n) is 4.00. The van der Waals surface area contributed by atoms with Gasteiger partial charge in [-0.15, -0.1) is 0 Å². The maximum Gasteiger partial charge on any atom is 0.337 e. The van der Waals surface area contributed by atoms with E-state index in [1.54, 1.807) is 31.5 Å². The van der Waals surface area contributed by atoms with Gasteiger partial charge in [0, 0.05) is 0 Å². The number of anilines is 1. The fourth-order valence-electron chi connectivity index (χ4n) is 1.67. The molecule has 0 aliphatic rings. The summed E-state index contributed by atoms with van der Waals surface area (Å²) in [7, 11) is 1.59. The molecule has 102 valence electrons. The molecule has 20 heavy (non-hydrogen) atoms. The van der Waals surface area contributed by atoms with Gasteiger partial charge in [0.15, 0.2) is 0 Å². The number of carboxylic acid groups (broad SMARTS) is 1. The summed E-state index contributed by atoms with van der Waals surface area (Å²) in [6.45, 7) is 0. The van der Waals surface area contributed by atoms with Crippen LogP contribution in [0.2, 0.25) is 0 Å². The van der Waals surface area contributed by atoms with E-state index < -0.39 is 5.97 Å². The molecule has 5 heteroatoms. The number of nitrogens with one attached hydrogen (secondary N) is 1. The fraction of sp³-hybridized carbons (Fsp3) is 0.0667. The quantitative estimate of drug-likeness (QED) is 0.647. The van der Waals surface area contributed by atoms with Crippen LogP contribution in [0.4, 0.5) is 5.69 Å². The Balaban J connectivity index is 2.12. The Kier molecular flexibility index (Phi) is 4.34. The first-order chi connectivity index (χ1) is 9.70. The van der Waals surface area contributed by atoms with Crippen molar-refractivity contribution in [1.82, 2.24) is 0 Å². The summed E-state index contributed by atoms with van der Waals surface area (Å²) >= 11 is 0. The number of carbonyl (C=O) groups is 1. The van der Waals surface area contributed by atoms with Crippen molar-refractivity contribution in [2.75, 3.05) is 12.5 Å². The molecule has 0 spiro atoms. The van der Waals surface area contributed by atoms with Gasteiger partial charge in [0.2, 0.25) is 0 Å². The smallest absolute Gasteiger partial charge is 0.337 e. The Labute approximate surface area is 116 Å². The molecular formula is C15H14N2O3. The Morgan fingerprint density at radius 1 is 1.25 bits per heavy atom. The molecule has 0 saturated heterocycles. The molecule has 0 aliphatic heterocycles. The molecule has 0 heterocycles. The number of carboxylic acids is 1. The maximum absolute atomic E-state index is 11.0. The predicted octanol–water partition coefficient (Wildman–Crippen LogP) is 2.84. The van der Waals surface area contributed by atoms with Gasteiger partial charge in [-0.3, -0.25) is 5.43 Å². The minimum atomic E-state index is -0.996. The number of rotatable bonds is 5. The van der Waals surface area contributed by atoms with Crippen LogP contribution in [-0.4, -0.2) is 24.4 Å². The van der Waals surface area contributed by atoms with E-state index in [1.165, 1.54) is 6.07 Å². The lowest BCUT2D eigenvalue weighted by Gasteiger charge is -2.04. The van der Waals surface area contributed by atoms with Gasteiger partial charge in [0.25, 0.3) is 0 Å². The van der Waals surface area contributed by atoms with Crippen molar-refractivity contribution in [2.24, 2.45) is 5.10 Å². The van der Waals surface area contributed by atoms with Crippen molar-refractivity contribution >= 4 is 17.9 Å². The van der Waals surface area contributed by atoms with E-state index in [0.717, 1.165) is 11.3 Å². The summed E-state index contributed by atoms with van der Waals surface area (Å²) in [6.07, 6.45) is 1.60. The third-order valence-corrected chi connectivity index (χ3v) is 2.65. The summed E-state index contributed by atoms with van der Waals surface area (Å²) in [4.78, 5) is 11.0. The zero-order chi connectivity index (χ0) is 14.4. The van der Waals surface area contributed by atoms with Gasteiger partial charge in [-0.05, 0) is 29.8 Å². The van der Waals surface area contributed by atoms with Gasteiger partial charge in [0.05, 0.1) is 24.6 Å². The minimum Gasteiger partial charge on any atom is -0.497 e. The second-order valence-corrected chi connectivity index (χ2v) is 4.00. The molecule has 0 atom stereocenters. The average molecular weight is 270 g/mol. The Morgan fingerprint density at radius 2 is 2.05 bits per heavy atom. The Bertz CT molecular complexity index is 639. The van der Waals surface area contributed by atoms with Crippen molar-refractivity contribution in [3.63, 3.8) is 0 Å². The Morgan fingerprint density at radius 3 is 2.80 bits per heavy atom. The van der Waals surface area contributed by atoms with Crippen molar-refractivity contribution in [3.8, 4) is 5.75 Å². The molecule has 2 aromatic rings. The molecule has 0 saturated carbocycles. The van der Waals surface area contributed by atoms with Gasteiger partial charge in [-0.2, -0.15) is 5.10 Å². The van der Waals surface area contributed by atoms with Gasteiger partial charge in [0.1, 0.15) is 5.75 Å². The lowest BCUT2D eigenvalue weighted by molar-refractivity contribution is 0.0698. The van der Waals surface area contributed by atoms with Crippen LogP contribution in [0.5, 0.6) is 5.75 Å². The van der Waals surface area contributed by atoms with Crippen molar-refractivity contribution < 1.29 is 14.6 Å². The Hall–Kier alpha value is -2.82. The standard InChI is InChI=1S/C15H14N2O3/c1-20-12-6-4-5-11(9-12)10-16-17-14-8-3-2-7-13(14)15(18)19/h2-10,17H,1H3,(H,18,19)/b16-10+. The van der Waals surface area contributed by atoms with Gasteiger partial charge in [-0.1, -0.05) is 24.3 Å². The van der Waals surface area contributed by atoms with Gasteiger partial charge in [-0.25, -0.2) is 4.79 Å². The topological polar surface area (TPSA) is 70.9 Å². The van der Waals surface area contributed by atoms with E-state index in [4.69, 9.17) is 9.84 Å². The maximum atomic E-state index is 11.0. The molecule has 0 amide bonds. The number of aromatic carboxylic acids is 1. The molecule has 0 radical (unpaired) electrons. The van der Waals surface area contributed by atoms with Gasteiger partial charge < -0.3 is 9.84 Å². The first kappa shape index (κ1) is 13.6. The summed E-state index contributed by atoms with van der Waals surface area (Å²) in [5.41, 5.74) is 4.20. The summed E-state index contributed by atoms with van der Waals surface area (Å²) < 4.78 is 5.11. The highest BCUT2D eigenvalue weighted by Gasteiger charge is 2.07. The molecule has 2 rings (SSSR count). The normalized spacial score (nSPS) is 10.4. The van der Waals surface area contributed by atoms with Crippen LogP contribution < -0.4 is 10.2 Å². The zero-order valence-electron chi connectivity index (χ0n) is 10.9. The molecule has 2 N–H and O–H groups in total. The zero-order valence-corrected chi connectivity index (χ0v) is 10.9. The van der Waals surface area contributed by atoms with E-state index in [1.807, 2.05) is 24.3 Å². The number of benzene rings is 2. The first-order valence-electron chi connectivity index (χ1n) is 5.96. The molecular weight excluding hydrogens is 256 g/mol. The van der Waals surface area contributed by atoms with Gasteiger partial charge >= 0.3 is 5.97 Å². The van der Waals surface area contributed by atoms with Crippen molar-refractivity contribution in [1.29, 1.82) is 0 Å². The fourth-order valence-corrected chi connectivity index (χ4v) is 1.67. The van der Waals surface area contributed by atoms with Crippen LogP contribution in [0.1, 0.15) is 15.9 Å². The average Bonchev–Trinajstić information content (AvgIpc) is 2.48. The third kappa shape index (κ3) is 3.35. The lowest BCUT2D eigenvalue weighted by atomic mass is 10.2. The van der Waals surface area contributed by atoms with Crippen LogP contribution >= 0.6 is 0 Å². The lowest BCUT2D eigenvalue weighted by Crippen LogP contribution is -2.02. The van der Waals surface area contributed by atoms with Crippen LogP contribution in [0.15, 0.2) is 53.6 Å². The first-order valence-corrected chi connectivity index (χ1v) is 5.96. The van der Waals surface area contributed by atoms with E-state index in [9.17, 15) is 4.79 Å². The van der Waals surface area contributed by atoms with Crippen LogP contribution in [0.25, 0.3) is 0 Å². The van der Waals surface area contributed by atoms with E-state index in [0.29, 0.717) is 5.69 Å². The number of ether oxygens (including phenoxy) is 1. The number of methoxy groups -OCH3 is 1. The second kappa shape index (κ2) is 6.38. The van der Waals surface area contributed by atoms with Crippen LogP contribution in [-0.2, 0) is 0 Å². The van der Waals surface area contributed by atoms with Crippen molar-refractivity contribution in [3.05, 3.63) is 59.7 Å². The molecule has 0 aromatic heterocycles. The van der Waals surface area contributed by atoms with E-state index in [2.05, 4.69) is 10.5 Å². The monoisotopic (exact) mass is 270 g/mol. The summed E-state index contributed by atoms with van der Waals surface area (Å²) in [5.74, 6) is -0.260. The van der Waals surface area contributed by atoms with Crippen LogP contribution in [0.3, 0.4) is 0 Å².